The van der Waals surface area contributed by atoms with E-state index in [0.717, 1.165) is 5.69 Å². The van der Waals surface area contributed by atoms with Crippen LogP contribution in [-0.2, 0) is 14.4 Å². The highest BCUT2D eigenvalue weighted by Gasteiger charge is 2.54. The molecule has 0 bridgehead atoms. The molecule has 7 heteroatoms. The maximum absolute atomic E-state index is 13.4. The van der Waals surface area contributed by atoms with Gasteiger partial charge < -0.3 is 19.6 Å². The predicted molar refractivity (Wildman–Crippen MR) is 103 cm³/mol. The van der Waals surface area contributed by atoms with Gasteiger partial charge in [-0.2, -0.15) is 0 Å². The number of anilines is 1. The fourth-order valence-corrected chi connectivity index (χ4v) is 3.98. The molecule has 2 saturated heterocycles. The van der Waals surface area contributed by atoms with Crippen LogP contribution in [0.25, 0.3) is 0 Å². The van der Waals surface area contributed by atoms with Gasteiger partial charge in [-0.05, 0) is 25.0 Å². The smallest absolute Gasteiger partial charge is 0.250 e. The Morgan fingerprint density at radius 1 is 1.11 bits per heavy atom. The molecule has 2 aliphatic rings. The molecule has 7 nitrogen and oxygen atoms in total. The van der Waals surface area contributed by atoms with Crippen LogP contribution in [0.1, 0.15) is 26.2 Å². The predicted octanol–water partition coefficient (Wildman–Crippen LogP) is 1.15. The van der Waals surface area contributed by atoms with Crippen LogP contribution in [0.3, 0.4) is 0 Å². The lowest BCUT2D eigenvalue weighted by Crippen LogP contribution is -2.57. The molecule has 0 radical (unpaired) electrons. The number of para-hydroxylation sites is 1. The van der Waals surface area contributed by atoms with E-state index in [0.29, 0.717) is 39.0 Å². The van der Waals surface area contributed by atoms with Crippen molar-refractivity contribution in [2.45, 2.75) is 31.7 Å². The van der Waals surface area contributed by atoms with E-state index in [1.54, 1.807) is 19.0 Å². The first-order valence-electron chi connectivity index (χ1n) is 9.49. The highest BCUT2D eigenvalue weighted by molar-refractivity contribution is 5.96. The second kappa shape index (κ2) is 7.58. The van der Waals surface area contributed by atoms with Crippen molar-refractivity contribution in [1.29, 1.82) is 0 Å². The number of carbonyl (C=O) groups is 3. The molecule has 0 saturated carbocycles. The van der Waals surface area contributed by atoms with E-state index in [-0.39, 0.29) is 24.3 Å². The molecule has 2 aliphatic heterocycles. The van der Waals surface area contributed by atoms with E-state index in [2.05, 4.69) is 4.90 Å². The molecule has 3 amide bonds. The summed E-state index contributed by atoms with van der Waals surface area (Å²) >= 11 is 0. The summed E-state index contributed by atoms with van der Waals surface area (Å²) in [4.78, 5) is 44.7. The van der Waals surface area contributed by atoms with Gasteiger partial charge in [-0.25, -0.2) is 0 Å². The average Bonchev–Trinajstić information content (AvgIpc) is 2.94. The number of likely N-dealkylation sites (tertiary alicyclic amines) is 1. The van der Waals surface area contributed by atoms with Crippen LogP contribution in [-0.4, -0.2) is 78.4 Å². The van der Waals surface area contributed by atoms with Crippen LogP contribution in [0.15, 0.2) is 30.3 Å². The van der Waals surface area contributed by atoms with Crippen LogP contribution in [0, 0.1) is 0 Å². The zero-order valence-electron chi connectivity index (χ0n) is 16.4. The molecular formula is C20H28N4O3. The minimum atomic E-state index is -0.682. The van der Waals surface area contributed by atoms with Gasteiger partial charge in [0.25, 0.3) is 5.91 Å². The van der Waals surface area contributed by atoms with Crippen molar-refractivity contribution in [3.8, 4) is 0 Å². The Balaban J connectivity index is 1.87. The molecule has 0 aliphatic carbocycles. The Kier molecular flexibility index (Phi) is 5.39. The minimum absolute atomic E-state index is 0.00912. The summed E-state index contributed by atoms with van der Waals surface area (Å²) in [5.74, 6) is 0.0263. The second-order valence-corrected chi connectivity index (χ2v) is 7.46. The van der Waals surface area contributed by atoms with Crippen LogP contribution < -0.4 is 4.90 Å². The second-order valence-electron chi connectivity index (χ2n) is 7.46. The lowest BCUT2D eigenvalue weighted by Gasteiger charge is -2.43. The highest BCUT2D eigenvalue weighted by atomic mass is 16.2. The Bertz CT molecular complexity index is 711. The molecule has 2 heterocycles. The van der Waals surface area contributed by atoms with Gasteiger partial charge in [-0.3, -0.25) is 14.4 Å². The zero-order chi connectivity index (χ0) is 19.6. The lowest BCUT2D eigenvalue weighted by atomic mass is 9.85. The van der Waals surface area contributed by atoms with Crippen molar-refractivity contribution < 1.29 is 14.4 Å². The Morgan fingerprint density at radius 2 is 1.74 bits per heavy atom. The molecule has 0 unspecified atom stereocenters. The molecule has 0 atom stereocenters. The molecule has 1 aromatic rings. The normalized spacial score (nSPS) is 18.9. The van der Waals surface area contributed by atoms with E-state index in [1.165, 1.54) is 4.90 Å². The zero-order valence-corrected chi connectivity index (χ0v) is 16.4. The van der Waals surface area contributed by atoms with Crippen LogP contribution in [0.5, 0.6) is 0 Å². The Hall–Kier alpha value is -2.57. The monoisotopic (exact) mass is 372 g/mol. The first-order valence-corrected chi connectivity index (χ1v) is 9.49. The average molecular weight is 372 g/mol. The first-order chi connectivity index (χ1) is 12.9. The number of piperidine rings is 1. The summed E-state index contributed by atoms with van der Waals surface area (Å²) in [6.45, 7) is 3.46. The van der Waals surface area contributed by atoms with Gasteiger partial charge in [-0.15, -0.1) is 0 Å². The van der Waals surface area contributed by atoms with E-state index in [4.69, 9.17) is 0 Å². The van der Waals surface area contributed by atoms with Crippen molar-refractivity contribution in [3.63, 3.8) is 0 Å². The molecule has 2 fully saturated rings. The first kappa shape index (κ1) is 19.2. The third kappa shape index (κ3) is 3.50. The Labute approximate surface area is 160 Å². The summed E-state index contributed by atoms with van der Waals surface area (Å²) in [6, 6.07) is 9.85. The number of carbonyl (C=O) groups excluding carboxylic acids is 3. The molecule has 1 aromatic carbocycles. The highest BCUT2D eigenvalue weighted by Crippen LogP contribution is 2.39. The standard InChI is InChI=1S/C20H28N4O3/c1-4-17(25)22-12-10-20(11-13-22)19(27)23(14-18(26)21(2)3)15-24(20)16-8-6-5-7-9-16/h5-9H,4,10-15H2,1-3H3. The molecule has 3 rings (SSSR count). The summed E-state index contributed by atoms with van der Waals surface area (Å²) in [7, 11) is 3.39. The van der Waals surface area contributed by atoms with Gasteiger partial charge in [-0.1, -0.05) is 25.1 Å². The van der Waals surface area contributed by atoms with E-state index in [9.17, 15) is 14.4 Å². The summed E-state index contributed by atoms with van der Waals surface area (Å²) in [5.41, 5.74) is 0.291. The molecule has 27 heavy (non-hydrogen) atoms. The van der Waals surface area contributed by atoms with Gasteiger partial charge in [0.15, 0.2) is 0 Å². The maximum Gasteiger partial charge on any atom is 0.250 e. The minimum Gasteiger partial charge on any atom is -0.347 e. The number of benzene rings is 1. The summed E-state index contributed by atoms with van der Waals surface area (Å²) in [5, 5.41) is 0. The third-order valence-electron chi connectivity index (χ3n) is 5.65. The van der Waals surface area contributed by atoms with Crippen LogP contribution >= 0.6 is 0 Å². The van der Waals surface area contributed by atoms with Crippen molar-refractivity contribution >= 4 is 23.4 Å². The number of likely N-dealkylation sites (N-methyl/N-ethyl adjacent to an activating group) is 1. The van der Waals surface area contributed by atoms with Gasteiger partial charge in [0, 0.05) is 39.3 Å². The third-order valence-corrected chi connectivity index (χ3v) is 5.65. The van der Waals surface area contributed by atoms with Crippen molar-refractivity contribution in [3.05, 3.63) is 30.3 Å². The van der Waals surface area contributed by atoms with E-state index >= 15 is 0 Å². The topological polar surface area (TPSA) is 64.2 Å². The molecule has 1 spiro atoms. The summed E-state index contributed by atoms with van der Waals surface area (Å²) in [6.07, 6.45) is 1.64. The van der Waals surface area contributed by atoms with Gasteiger partial charge in [0.1, 0.15) is 12.1 Å². The molecular weight excluding hydrogens is 344 g/mol. The maximum atomic E-state index is 13.4. The van der Waals surface area contributed by atoms with Crippen molar-refractivity contribution in [2.75, 3.05) is 45.3 Å². The number of nitrogens with zero attached hydrogens (tertiary/aromatic N) is 4. The summed E-state index contributed by atoms with van der Waals surface area (Å²) < 4.78 is 0. The van der Waals surface area contributed by atoms with E-state index in [1.807, 2.05) is 42.2 Å². The fraction of sp³-hybridized carbons (Fsp3) is 0.550. The molecule has 0 N–H and O–H groups in total. The quantitative estimate of drug-likeness (QED) is 0.795. The SMILES string of the molecule is CCC(=O)N1CCC2(CC1)C(=O)N(CC(=O)N(C)C)CN2c1ccccc1. The van der Waals surface area contributed by atoms with Gasteiger partial charge in [0.05, 0.1) is 6.67 Å². The van der Waals surface area contributed by atoms with Crippen LogP contribution in [0.4, 0.5) is 5.69 Å². The number of hydrogen-bond acceptors (Lipinski definition) is 4. The van der Waals surface area contributed by atoms with Gasteiger partial charge in [0.2, 0.25) is 11.8 Å². The lowest BCUT2D eigenvalue weighted by molar-refractivity contribution is -0.141. The number of rotatable bonds is 4. The van der Waals surface area contributed by atoms with E-state index < -0.39 is 5.54 Å². The molecule has 146 valence electrons. The number of amides is 3. The molecule has 0 aromatic heterocycles. The largest absolute Gasteiger partial charge is 0.347 e. The van der Waals surface area contributed by atoms with Crippen LogP contribution in [0.2, 0.25) is 0 Å². The van der Waals surface area contributed by atoms with Crippen molar-refractivity contribution in [1.82, 2.24) is 14.7 Å². The van der Waals surface area contributed by atoms with Crippen molar-refractivity contribution in [2.24, 2.45) is 0 Å². The number of hydrogen-bond donors (Lipinski definition) is 0. The fourth-order valence-electron chi connectivity index (χ4n) is 3.98. The van der Waals surface area contributed by atoms with Gasteiger partial charge >= 0.3 is 0 Å². The Morgan fingerprint density at radius 3 is 2.30 bits per heavy atom.